The zero-order chi connectivity index (χ0) is 22.1. The zero-order valence-electron chi connectivity index (χ0n) is 19.0. The lowest BCUT2D eigenvalue weighted by molar-refractivity contribution is 0.211. The third-order valence-corrected chi connectivity index (χ3v) is 7.97. The van der Waals surface area contributed by atoms with E-state index in [1.54, 1.807) is 5.57 Å². The molecule has 2 unspecified atom stereocenters. The molecule has 0 radical (unpaired) electrons. The first-order valence-corrected chi connectivity index (χ1v) is 12.5. The van der Waals surface area contributed by atoms with Crippen LogP contribution in [0.15, 0.2) is 39.9 Å². The summed E-state index contributed by atoms with van der Waals surface area (Å²) in [6, 6.07) is 0. The van der Waals surface area contributed by atoms with Crippen LogP contribution in [0.5, 0.6) is 0 Å². The molecule has 0 aromatic heterocycles. The molecule has 0 aromatic rings. The summed E-state index contributed by atoms with van der Waals surface area (Å²) < 4.78 is 24.0. The lowest BCUT2D eigenvalue weighted by atomic mass is 9.65. The number of sulfone groups is 1. The molecule has 1 rings (SSSR count). The standard InChI is InChI=1S/C23H41N3O2S/c1-18(12-14-23(5)20(3)10-7-11-21(23)4)8-6-9-19(2)13-16-29(27,28)17-15-26-22(24)25/h8,10,13,21H,6-7,9,11-12,14-17H2,1-5H3,(H4,24,25,26). The highest BCUT2D eigenvalue weighted by Gasteiger charge is 2.34. The molecule has 0 bridgehead atoms. The van der Waals surface area contributed by atoms with Gasteiger partial charge in [-0.15, -0.1) is 0 Å². The van der Waals surface area contributed by atoms with E-state index in [0.717, 1.165) is 30.8 Å². The van der Waals surface area contributed by atoms with E-state index in [1.165, 1.54) is 24.8 Å². The van der Waals surface area contributed by atoms with Crippen LogP contribution in [-0.4, -0.2) is 32.4 Å². The van der Waals surface area contributed by atoms with Gasteiger partial charge in [-0.05, 0) is 70.6 Å². The second-order valence-corrected chi connectivity index (χ2v) is 11.1. The first kappa shape index (κ1) is 25.5. The van der Waals surface area contributed by atoms with Gasteiger partial charge in [0.2, 0.25) is 0 Å². The summed E-state index contributed by atoms with van der Waals surface area (Å²) in [7, 11) is -3.17. The fourth-order valence-electron chi connectivity index (χ4n) is 3.81. The van der Waals surface area contributed by atoms with Crippen LogP contribution in [0.3, 0.4) is 0 Å². The Hall–Kier alpha value is -1.56. The second-order valence-electron chi connectivity index (χ2n) is 8.84. The van der Waals surface area contributed by atoms with Crippen LogP contribution < -0.4 is 11.5 Å². The van der Waals surface area contributed by atoms with E-state index in [9.17, 15) is 8.42 Å². The second kappa shape index (κ2) is 11.6. The van der Waals surface area contributed by atoms with Crippen molar-refractivity contribution < 1.29 is 8.42 Å². The number of nitrogens with zero attached hydrogens (tertiary/aromatic N) is 1. The molecule has 1 aliphatic rings. The highest BCUT2D eigenvalue weighted by atomic mass is 32.2. The molecule has 0 spiro atoms. The van der Waals surface area contributed by atoms with Gasteiger partial charge >= 0.3 is 0 Å². The number of aliphatic imine (C=N–C) groups is 1. The minimum Gasteiger partial charge on any atom is -0.370 e. The van der Waals surface area contributed by atoms with E-state index in [4.69, 9.17) is 11.5 Å². The molecule has 0 saturated carbocycles. The summed E-state index contributed by atoms with van der Waals surface area (Å²) in [6.07, 6.45) is 13.2. The monoisotopic (exact) mass is 423 g/mol. The third-order valence-electron chi connectivity index (χ3n) is 6.49. The van der Waals surface area contributed by atoms with Gasteiger partial charge in [0.05, 0.1) is 18.1 Å². The largest absolute Gasteiger partial charge is 0.370 e. The summed E-state index contributed by atoms with van der Waals surface area (Å²) in [4.78, 5) is 3.73. The van der Waals surface area contributed by atoms with E-state index in [-0.39, 0.29) is 24.0 Å². The van der Waals surface area contributed by atoms with Crippen molar-refractivity contribution in [1.29, 1.82) is 0 Å². The maximum absolute atomic E-state index is 12.0. The molecule has 0 saturated heterocycles. The number of hydrogen-bond donors (Lipinski definition) is 2. The quantitative estimate of drug-likeness (QED) is 0.290. The van der Waals surface area contributed by atoms with Crippen LogP contribution in [0.4, 0.5) is 0 Å². The molecule has 0 fully saturated rings. The topological polar surface area (TPSA) is 98.5 Å². The van der Waals surface area contributed by atoms with Crippen LogP contribution in [0.25, 0.3) is 0 Å². The Morgan fingerprint density at radius 2 is 1.90 bits per heavy atom. The molecule has 6 heteroatoms. The molecule has 5 nitrogen and oxygen atoms in total. The van der Waals surface area contributed by atoms with E-state index < -0.39 is 9.84 Å². The SMILES string of the molecule is CC(=CCS(=O)(=O)CCN=C(N)N)CCC=C(C)CCC1(C)C(C)=CCCC1C. The molecule has 166 valence electrons. The Kier molecular flexibility index (Phi) is 10.2. The molecule has 0 heterocycles. The van der Waals surface area contributed by atoms with Gasteiger partial charge < -0.3 is 11.5 Å². The molecule has 29 heavy (non-hydrogen) atoms. The average Bonchev–Trinajstić information content (AvgIpc) is 2.62. The van der Waals surface area contributed by atoms with Gasteiger partial charge in [-0.1, -0.05) is 48.8 Å². The van der Waals surface area contributed by atoms with Crippen LogP contribution in [-0.2, 0) is 9.84 Å². The van der Waals surface area contributed by atoms with E-state index in [2.05, 4.69) is 44.8 Å². The summed E-state index contributed by atoms with van der Waals surface area (Å²) in [6.45, 7) is 11.4. The molecule has 1 aliphatic carbocycles. The minimum atomic E-state index is -3.17. The maximum atomic E-state index is 12.0. The van der Waals surface area contributed by atoms with Crippen molar-refractivity contribution in [2.24, 2.45) is 27.8 Å². The van der Waals surface area contributed by atoms with Crippen molar-refractivity contribution in [3.63, 3.8) is 0 Å². The Balaban J connectivity index is 2.45. The van der Waals surface area contributed by atoms with Crippen LogP contribution in [0, 0.1) is 11.3 Å². The first-order valence-electron chi connectivity index (χ1n) is 10.7. The Labute approximate surface area is 178 Å². The number of hydrogen-bond acceptors (Lipinski definition) is 3. The van der Waals surface area contributed by atoms with Gasteiger partial charge in [0, 0.05) is 0 Å². The van der Waals surface area contributed by atoms with E-state index in [1.807, 2.05) is 13.0 Å². The predicted molar refractivity (Wildman–Crippen MR) is 126 cm³/mol. The van der Waals surface area contributed by atoms with Crippen molar-refractivity contribution in [3.05, 3.63) is 34.9 Å². The fraction of sp³-hybridized carbons (Fsp3) is 0.696. The zero-order valence-corrected chi connectivity index (χ0v) is 19.8. The van der Waals surface area contributed by atoms with Crippen molar-refractivity contribution in [2.45, 2.75) is 73.1 Å². The molecule has 0 aliphatic heterocycles. The summed E-state index contributed by atoms with van der Waals surface area (Å²) in [5, 5.41) is 0. The van der Waals surface area contributed by atoms with Gasteiger partial charge in [0.15, 0.2) is 15.8 Å². The maximum Gasteiger partial charge on any atom is 0.185 e. The van der Waals surface area contributed by atoms with Crippen molar-refractivity contribution in [2.75, 3.05) is 18.1 Å². The predicted octanol–water partition coefficient (Wildman–Crippen LogP) is 4.51. The van der Waals surface area contributed by atoms with Gasteiger partial charge in [-0.25, -0.2) is 8.42 Å². The number of rotatable bonds is 11. The van der Waals surface area contributed by atoms with E-state index >= 15 is 0 Å². The van der Waals surface area contributed by atoms with Crippen LogP contribution >= 0.6 is 0 Å². The molecule has 4 N–H and O–H groups in total. The molecule has 0 aromatic carbocycles. The summed E-state index contributed by atoms with van der Waals surface area (Å²) >= 11 is 0. The summed E-state index contributed by atoms with van der Waals surface area (Å²) in [5.74, 6) is 0.675. The smallest absolute Gasteiger partial charge is 0.185 e. The Morgan fingerprint density at radius 3 is 2.52 bits per heavy atom. The number of nitrogens with two attached hydrogens (primary N) is 2. The van der Waals surface area contributed by atoms with Crippen LogP contribution in [0.2, 0.25) is 0 Å². The fourth-order valence-corrected chi connectivity index (χ4v) is 4.88. The van der Waals surface area contributed by atoms with Gasteiger partial charge in [0.25, 0.3) is 0 Å². The highest BCUT2D eigenvalue weighted by Crippen LogP contribution is 2.45. The van der Waals surface area contributed by atoms with Crippen molar-refractivity contribution >= 4 is 15.8 Å². The Morgan fingerprint density at radius 1 is 1.24 bits per heavy atom. The highest BCUT2D eigenvalue weighted by molar-refractivity contribution is 7.91. The number of guanidine groups is 1. The first-order chi connectivity index (χ1) is 13.5. The molecular weight excluding hydrogens is 382 g/mol. The van der Waals surface area contributed by atoms with Gasteiger partial charge in [-0.2, -0.15) is 0 Å². The molecule has 2 atom stereocenters. The van der Waals surface area contributed by atoms with E-state index in [0.29, 0.717) is 5.41 Å². The van der Waals surface area contributed by atoms with Crippen molar-refractivity contribution in [3.8, 4) is 0 Å². The Bertz CT molecular complexity index is 759. The van der Waals surface area contributed by atoms with Crippen LogP contribution in [0.1, 0.15) is 73.1 Å². The lowest BCUT2D eigenvalue weighted by Crippen LogP contribution is -2.29. The van der Waals surface area contributed by atoms with Gasteiger partial charge in [0.1, 0.15) is 0 Å². The lowest BCUT2D eigenvalue weighted by Gasteiger charge is -2.40. The van der Waals surface area contributed by atoms with Gasteiger partial charge in [-0.3, -0.25) is 4.99 Å². The average molecular weight is 424 g/mol. The molecule has 0 amide bonds. The minimum absolute atomic E-state index is 0.0290. The molecular formula is C23H41N3O2S. The normalized spacial score (nSPS) is 23.6. The summed E-state index contributed by atoms with van der Waals surface area (Å²) in [5.41, 5.74) is 14.8. The third kappa shape index (κ3) is 9.20. The number of allylic oxidation sites excluding steroid dienone is 5. The van der Waals surface area contributed by atoms with Crippen molar-refractivity contribution in [1.82, 2.24) is 0 Å².